The molecule has 2 aliphatic carbocycles. The molecule has 1 aromatic rings. The Morgan fingerprint density at radius 3 is 2.37 bits per heavy atom. The van der Waals surface area contributed by atoms with E-state index in [2.05, 4.69) is 45.4 Å². The van der Waals surface area contributed by atoms with E-state index in [0.717, 1.165) is 32.6 Å². The molecule has 0 radical (unpaired) electrons. The first-order chi connectivity index (χ1) is 13.3. The number of carbonyl (C=O) groups is 1. The summed E-state index contributed by atoms with van der Waals surface area (Å²) in [5.74, 6) is 0.964. The molecule has 1 spiro atoms. The number of likely N-dealkylation sites (tertiary alicyclic amines) is 1. The molecule has 0 bridgehead atoms. The van der Waals surface area contributed by atoms with Crippen molar-refractivity contribution in [2.45, 2.75) is 81.3 Å². The summed E-state index contributed by atoms with van der Waals surface area (Å²) in [6.07, 6.45) is 11.2. The van der Waals surface area contributed by atoms with Crippen LogP contribution in [0.5, 0.6) is 0 Å². The first kappa shape index (κ1) is 17.7. The minimum Gasteiger partial charge on any atom is -0.342 e. The highest BCUT2D eigenvalue weighted by Crippen LogP contribution is 2.42. The molecule has 2 heterocycles. The summed E-state index contributed by atoms with van der Waals surface area (Å²) in [4.78, 5) is 18.1. The van der Waals surface area contributed by atoms with E-state index in [-0.39, 0.29) is 5.54 Å². The van der Waals surface area contributed by atoms with Crippen molar-refractivity contribution in [3.8, 4) is 0 Å². The summed E-state index contributed by atoms with van der Waals surface area (Å²) >= 11 is 0. The minimum atomic E-state index is -0.210. The maximum absolute atomic E-state index is 12.8. The lowest BCUT2D eigenvalue weighted by Gasteiger charge is -2.50. The van der Waals surface area contributed by atoms with Gasteiger partial charge in [-0.25, -0.2) is 0 Å². The molecule has 1 amide bonds. The lowest BCUT2D eigenvalue weighted by atomic mass is 9.76. The smallest absolute Gasteiger partial charge is 0.241 e. The molecule has 2 atom stereocenters. The van der Waals surface area contributed by atoms with E-state index < -0.39 is 0 Å². The fourth-order valence-electron chi connectivity index (χ4n) is 6.16. The Kier molecular flexibility index (Phi) is 4.73. The first-order valence-electron chi connectivity index (χ1n) is 11.1. The molecule has 5 rings (SSSR count). The van der Waals surface area contributed by atoms with Crippen molar-refractivity contribution in [3.05, 3.63) is 35.9 Å². The van der Waals surface area contributed by atoms with Gasteiger partial charge in [-0.1, -0.05) is 49.6 Å². The second-order valence-electron chi connectivity index (χ2n) is 9.16. The summed E-state index contributed by atoms with van der Waals surface area (Å²) in [7, 11) is 0. The number of benzene rings is 1. The van der Waals surface area contributed by atoms with Crippen molar-refractivity contribution in [3.63, 3.8) is 0 Å². The number of amides is 1. The third-order valence-electron chi connectivity index (χ3n) is 7.95. The van der Waals surface area contributed by atoms with Gasteiger partial charge < -0.3 is 5.32 Å². The Bertz CT molecular complexity index is 663. The average Bonchev–Trinajstić information content (AvgIpc) is 2.98. The topological polar surface area (TPSA) is 35.6 Å². The number of nitrogens with one attached hydrogen (secondary N) is 1. The molecule has 0 aromatic heterocycles. The van der Waals surface area contributed by atoms with Gasteiger partial charge in [-0.2, -0.15) is 0 Å². The van der Waals surface area contributed by atoms with Gasteiger partial charge in [0, 0.05) is 25.2 Å². The Labute approximate surface area is 163 Å². The van der Waals surface area contributed by atoms with Gasteiger partial charge in [0.15, 0.2) is 0 Å². The number of hydrogen-bond acceptors (Lipinski definition) is 3. The van der Waals surface area contributed by atoms with Gasteiger partial charge in [0.25, 0.3) is 0 Å². The van der Waals surface area contributed by atoms with Crippen molar-refractivity contribution in [1.29, 1.82) is 0 Å². The van der Waals surface area contributed by atoms with E-state index in [1.165, 1.54) is 50.5 Å². The van der Waals surface area contributed by atoms with E-state index >= 15 is 0 Å². The highest BCUT2D eigenvalue weighted by molar-refractivity contribution is 5.88. The van der Waals surface area contributed by atoms with Crippen LogP contribution in [-0.2, 0) is 4.79 Å². The number of hydrogen-bond donors (Lipinski definition) is 1. The van der Waals surface area contributed by atoms with Crippen molar-refractivity contribution >= 4 is 5.91 Å². The van der Waals surface area contributed by atoms with Crippen LogP contribution < -0.4 is 5.32 Å². The fraction of sp³-hybridized carbons (Fsp3) is 0.696. The Hall–Kier alpha value is -1.39. The van der Waals surface area contributed by atoms with Gasteiger partial charge in [0.1, 0.15) is 5.54 Å². The zero-order chi connectivity index (χ0) is 18.3. The predicted octanol–water partition coefficient (Wildman–Crippen LogP) is 3.49. The minimum absolute atomic E-state index is 0.210. The summed E-state index contributed by atoms with van der Waals surface area (Å²) in [5, 5.41) is 3.18. The van der Waals surface area contributed by atoms with Gasteiger partial charge in [0.05, 0.1) is 6.67 Å². The molecule has 1 aromatic carbocycles. The maximum Gasteiger partial charge on any atom is 0.241 e. The summed E-state index contributed by atoms with van der Waals surface area (Å²) in [6.45, 7) is 2.93. The zero-order valence-electron chi connectivity index (χ0n) is 16.4. The molecule has 146 valence electrons. The number of carbonyl (C=O) groups excluding carboxylic acids is 1. The highest BCUT2D eigenvalue weighted by atomic mass is 16.2. The third-order valence-corrected chi connectivity index (χ3v) is 7.95. The van der Waals surface area contributed by atoms with Gasteiger partial charge >= 0.3 is 0 Å². The Morgan fingerprint density at radius 2 is 1.67 bits per heavy atom. The second-order valence-corrected chi connectivity index (χ2v) is 9.16. The van der Waals surface area contributed by atoms with Crippen LogP contribution in [0.2, 0.25) is 0 Å². The molecule has 4 heteroatoms. The van der Waals surface area contributed by atoms with Crippen molar-refractivity contribution < 1.29 is 4.79 Å². The molecule has 27 heavy (non-hydrogen) atoms. The van der Waals surface area contributed by atoms with Crippen LogP contribution in [0.4, 0.5) is 0 Å². The van der Waals surface area contributed by atoms with Gasteiger partial charge in [-0.3, -0.25) is 14.6 Å². The molecule has 2 saturated heterocycles. The molecule has 4 aliphatic rings. The lowest BCUT2D eigenvalue weighted by Crippen LogP contribution is -2.61. The maximum atomic E-state index is 12.8. The normalized spacial score (nSPS) is 32.4. The molecule has 4 fully saturated rings. The molecule has 2 saturated carbocycles. The van der Waals surface area contributed by atoms with Crippen LogP contribution in [0.15, 0.2) is 30.3 Å². The molecular formula is C23H33N3O. The second kappa shape index (κ2) is 7.21. The number of piperidine rings is 1. The van der Waals surface area contributed by atoms with E-state index in [4.69, 9.17) is 0 Å². The number of nitrogens with zero attached hydrogens (tertiary/aromatic N) is 2. The summed E-state index contributed by atoms with van der Waals surface area (Å²) in [6, 6.07) is 12.4. The van der Waals surface area contributed by atoms with Crippen LogP contribution in [0.25, 0.3) is 0 Å². The first-order valence-corrected chi connectivity index (χ1v) is 11.1. The van der Waals surface area contributed by atoms with E-state index in [1.54, 1.807) is 0 Å². The molecular weight excluding hydrogens is 334 g/mol. The highest BCUT2D eigenvalue weighted by Gasteiger charge is 2.53. The monoisotopic (exact) mass is 367 g/mol. The molecule has 1 N–H and O–H groups in total. The van der Waals surface area contributed by atoms with Crippen molar-refractivity contribution in [2.75, 3.05) is 19.8 Å². The van der Waals surface area contributed by atoms with Crippen LogP contribution in [0.3, 0.4) is 0 Å². The van der Waals surface area contributed by atoms with Crippen LogP contribution >= 0.6 is 0 Å². The van der Waals surface area contributed by atoms with E-state index in [0.29, 0.717) is 23.9 Å². The van der Waals surface area contributed by atoms with Gasteiger partial charge in [-0.05, 0) is 50.0 Å². The predicted molar refractivity (Wildman–Crippen MR) is 107 cm³/mol. The molecule has 2 aliphatic heterocycles. The largest absolute Gasteiger partial charge is 0.342 e. The zero-order valence-corrected chi connectivity index (χ0v) is 16.4. The summed E-state index contributed by atoms with van der Waals surface area (Å²) < 4.78 is 0. The van der Waals surface area contributed by atoms with Crippen molar-refractivity contribution in [2.24, 2.45) is 0 Å². The number of rotatable bonds is 3. The van der Waals surface area contributed by atoms with Crippen LogP contribution in [0.1, 0.15) is 69.3 Å². The fourth-order valence-corrected chi connectivity index (χ4v) is 6.16. The quantitative estimate of drug-likeness (QED) is 0.888. The SMILES string of the molecule is O=C1NCN(C2CCC2)C12CCN([C@H]1CCCC[C@H]1c1ccccc1)CC2. The summed E-state index contributed by atoms with van der Waals surface area (Å²) in [5.41, 5.74) is 1.30. The lowest BCUT2D eigenvalue weighted by molar-refractivity contribution is -0.131. The Morgan fingerprint density at radius 1 is 0.926 bits per heavy atom. The van der Waals surface area contributed by atoms with Gasteiger partial charge in [-0.15, -0.1) is 0 Å². The van der Waals surface area contributed by atoms with E-state index in [9.17, 15) is 4.79 Å². The van der Waals surface area contributed by atoms with Crippen LogP contribution in [-0.4, -0.2) is 53.1 Å². The molecule has 4 nitrogen and oxygen atoms in total. The standard InChI is InChI=1S/C23H33N3O/c27-22-23(26(17-24-22)19-9-6-10-19)13-15-25(16-14-23)21-12-5-4-11-20(21)18-7-2-1-3-8-18/h1-3,7-8,19-21H,4-6,9-17H2,(H,24,27)/t20-,21-/m0/s1. The molecule has 0 unspecified atom stereocenters. The average molecular weight is 368 g/mol. The van der Waals surface area contributed by atoms with E-state index in [1.807, 2.05) is 0 Å². The third kappa shape index (κ3) is 3.01. The Balaban J connectivity index is 1.31. The van der Waals surface area contributed by atoms with Crippen molar-refractivity contribution in [1.82, 2.24) is 15.1 Å². The van der Waals surface area contributed by atoms with Crippen LogP contribution in [0, 0.1) is 0 Å². The van der Waals surface area contributed by atoms with Gasteiger partial charge in [0.2, 0.25) is 5.91 Å².